The molecule has 1 fully saturated rings. The van der Waals surface area contributed by atoms with Crippen LogP contribution in [0.25, 0.3) is 0 Å². The van der Waals surface area contributed by atoms with E-state index in [1.54, 1.807) is 65.3 Å². The lowest BCUT2D eigenvalue weighted by Crippen LogP contribution is -2.46. The van der Waals surface area contributed by atoms with E-state index in [1.165, 1.54) is 12.1 Å². The van der Waals surface area contributed by atoms with E-state index in [2.05, 4.69) is 4.90 Å². The van der Waals surface area contributed by atoms with Crippen molar-refractivity contribution in [2.75, 3.05) is 31.1 Å². The first-order chi connectivity index (χ1) is 15.8. The van der Waals surface area contributed by atoms with Crippen LogP contribution in [0.15, 0.2) is 72.8 Å². The molecule has 1 heterocycles. The van der Waals surface area contributed by atoms with Crippen LogP contribution in [0.1, 0.15) is 0 Å². The molecule has 172 valence electrons. The van der Waals surface area contributed by atoms with Crippen molar-refractivity contribution in [3.8, 4) is 11.5 Å². The third-order valence-electron chi connectivity index (χ3n) is 5.10. The smallest absolute Gasteiger partial charge is 0.404 e. The minimum absolute atomic E-state index is 0.0367. The molecule has 0 unspecified atom stereocenters. The number of piperazine rings is 1. The predicted molar refractivity (Wildman–Crippen MR) is 129 cm³/mol. The van der Waals surface area contributed by atoms with Gasteiger partial charge in [0.05, 0.1) is 4.92 Å². The van der Waals surface area contributed by atoms with E-state index in [4.69, 9.17) is 32.2 Å². The Hall–Kier alpha value is -2.77. The highest BCUT2D eigenvalue weighted by molar-refractivity contribution is 7.52. The maximum Gasteiger partial charge on any atom is 0.515 e. The Kier molecular flexibility index (Phi) is 7.10. The lowest BCUT2D eigenvalue weighted by Gasteiger charge is -2.38. The van der Waals surface area contributed by atoms with E-state index in [1.807, 2.05) is 0 Å². The second-order valence-electron chi connectivity index (χ2n) is 7.27. The zero-order valence-electron chi connectivity index (χ0n) is 17.3. The molecule has 0 amide bonds. The van der Waals surface area contributed by atoms with Crippen LogP contribution >= 0.6 is 30.9 Å². The molecule has 8 nitrogen and oxygen atoms in total. The van der Waals surface area contributed by atoms with Crippen LogP contribution in [0.4, 0.5) is 11.4 Å². The third-order valence-corrected chi connectivity index (χ3v) is 7.58. The highest BCUT2D eigenvalue weighted by Crippen LogP contribution is 2.52. The number of anilines is 1. The SMILES string of the molecule is O=[N+]([O-])c1ccc(N2CCN(P(=O)(Oc3ccc(Cl)cc3)Oc3ccc(Cl)cc3)CC2)cc1. The molecule has 0 radical (unpaired) electrons. The second-order valence-corrected chi connectivity index (χ2v) is 10.0. The second kappa shape index (κ2) is 10.0. The molecule has 0 saturated carbocycles. The number of hydrogen-bond acceptors (Lipinski definition) is 6. The van der Waals surface area contributed by atoms with Gasteiger partial charge in [0.1, 0.15) is 11.5 Å². The minimum atomic E-state index is -3.78. The summed E-state index contributed by atoms with van der Waals surface area (Å²) in [4.78, 5) is 12.5. The van der Waals surface area contributed by atoms with Crippen LogP contribution in [-0.4, -0.2) is 35.8 Å². The van der Waals surface area contributed by atoms with E-state index in [-0.39, 0.29) is 5.69 Å². The number of non-ortho nitro benzene ring substituents is 1. The fourth-order valence-corrected chi connectivity index (χ4v) is 5.34. The summed E-state index contributed by atoms with van der Waals surface area (Å²) in [5.74, 6) is 0.740. The van der Waals surface area contributed by atoms with Gasteiger partial charge in [0.2, 0.25) is 0 Å². The van der Waals surface area contributed by atoms with Gasteiger partial charge < -0.3 is 13.9 Å². The third kappa shape index (κ3) is 5.78. The molecular weight excluding hydrogens is 488 g/mol. The van der Waals surface area contributed by atoms with Crippen LogP contribution < -0.4 is 13.9 Å². The summed E-state index contributed by atoms with van der Waals surface area (Å²) < 4.78 is 27.4. The molecule has 0 bridgehead atoms. The number of nitro benzene ring substituents is 1. The summed E-state index contributed by atoms with van der Waals surface area (Å²) in [7, 11) is -3.78. The molecule has 4 rings (SSSR count). The van der Waals surface area contributed by atoms with Crippen molar-refractivity contribution in [2.24, 2.45) is 0 Å². The average molecular weight is 508 g/mol. The molecule has 1 aliphatic rings. The van der Waals surface area contributed by atoms with E-state index >= 15 is 0 Å². The summed E-state index contributed by atoms with van der Waals surface area (Å²) in [5, 5.41) is 12.0. The minimum Gasteiger partial charge on any atom is -0.404 e. The predicted octanol–water partition coefficient (Wildman–Crippen LogP) is 6.29. The molecule has 0 spiro atoms. The summed E-state index contributed by atoms with van der Waals surface area (Å²) >= 11 is 11.9. The monoisotopic (exact) mass is 507 g/mol. The van der Waals surface area contributed by atoms with E-state index in [0.717, 1.165) is 5.69 Å². The van der Waals surface area contributed by atoms with Crippen LogP contribution in [0.3, 0.4) is 0 Å². The number of nitro groups is 1. The first-order valence-corrected chi connectivity index (χ1v) is 12.3. The van der Waals surface area contributed by atoms with Crippen LogP contribution in [0.5, 0.6) is 11.5 Å². The van der Waals surface area contributed by atoms with Gasteiger partial charge >= 0.3 is 7.75 Å². The number of nitrogens with zero attached hydrogens (tertiary/aromatic N) is 3. The van der Waals surface area contributed by atoms with E-state index < -0.39 is 12.7 Å². The summed E-state index contributed by atoms with van der Waals surface area (Å²) in [6.45, 7) is 1.87. The van der Waals surface area contributed by atoms with Crippen LogP contribution in [0, 0.1) is 10.1 Å². The molecule has 33 heavy (non-hydrogen) atoms. The van der Waals surface area contributed by atoms with Gasteiger partial charge in [-0.25, -0.2) is 4.57 Å². The van der Waals surface area contributed by atoms with Crippen molar-refractivity contribution >= 4 is 42.3 Å². The molecule has 11 heteroatoms. The van der Waals surface area contributed by atoms with Gasteiger partial charge in [-0.1, -0.05) is 23.2 Å². The van der Waals surface area contributed by atoms with Crippen molar-refractivity contribution in [3.63, 3.8) is 0 Å². The highest BCUT2D eigenvalue weighted by Gasteiger charge is 2.39. The van der Waals surface area contributed by atoms with Gasteiger partial charge in [-0.05, 0) is 60.7 Å². The molecule has 0 N–H and O–H groups in total. The van der Waals surface area contributed by atoms with Gasteiger partial charge in [0.25, 0.3) is 5.69 Å². The quantitative estimate of drug-likeness (QED) is 0.211. The Morgan fingerprint density at radius 3 is 1.64 bits per heavy atom. The first kappa shape index (κ1) is 23.4. The van der Waals surface area contributed by atoms with E-state index in [0.29, 0.717) is 47.7 Å². The normalized spacial score (nSPS) is 14.7. The Labute approximate surface area is 201 Å². The molecule has 3 aromatic rings. The van der Waals surface area contributed by atoms with Gasteiger partial charge in [-0.2, -0.15) is 4.67 Å². The van der Waals surface area contributed by atoms with Crippen LogP contribution in [0.2, 0.25) is 10.0 Å². The van der Waals surface area contributed by atoms with Gasteiger partial charge in [-0.3, -0.25) is 10.1 Å². The number of benzene rings is 3. The molecule has 0 aromatic heterocycles. The molecule has 0 atom stereocenters. The molecule has 3 aromatic carbocycles. The standard InChI is InChI=1S/C22H20Cl2N3O5P/c23-17-1-9-21(10-2-17)31-33(30,32-22-11-3-18(24)4-12-22)26-15-13-25(14-16-26)19-5-7-20(8-6-19)27(28)29/h1-12H,13-16H2. The Morgan fingerprint density at radius 2 is 1.21 bits per heavy atom. The van der Waals surface area contributed by atoms with Crippen molar-refractivity contribution in [2.45, 2.75) is 0 Å². The van der Waals surface area contributed by atoms with Crippen molar-refractivity contribution in [1.82, 2.24) is 4.67 Å². The topological polar surface area (TPSA) is 85.2 Å². The number of hydrogen-bond donors (Lipinski definition) is 0. The van der Waals surface area contributed by atoms with Crippen LogP contribution in [-0.2, 0) is 4.57 Å². The molecular formula is C22H20Cl2N3O5P. The Bertz CT molecular complexity index is 1100. The Balaban J connectivity index is 1.51. The van der Waals surface area contributed by atoms with Crippen molar-refractivity contribution in [1.29, 1.82) is 0 Å². The summed E-state index contributed by atoms with van der Waals surface area (Å²) in [6, 6.07) is 19.5. The number of halogens is 2. The molecule has 1 aliphatic heterocycles. The largest absolute Gasteiger partial charge is 0.515 e. The maximum atomic E-state index is 14.0. The van der Waals surface area contributed by atoms with E-state index in [9.17, 15) is 14.7 Å². The lowest BCUT2D eigenvalue weighted by molar-refractivity contribution is -0.384. The molecule has 1 saturated heterocycles. The summed E-state index contributed by atoms with van der Waals surface area (Å²) in [5.41, 5.74) is 0.891. The number of rotatable bonds is 7. The maximum absolute atomic E-state index is 14.0. The van der Waals surface area contributed by atoms with Gasteiger partial charge in [0, 0.05) is 54.0 Å². The van der Waals surface area contributed by atoms with Gasteiger partial charge in [0.15, 0.2) is 0 Å². The zero-order valence-corrected chi connectivity index (χ0v) is 19.7. The van der Waals surface area contributed by atoms with Gasteiger partial charge in [-0.15, -0.1) is 0 Å². The lowest BCUT2D eigenvalue weighted by atomic mass is 10.2. The fraction of sp³-hybridized carbons (Fsp3) is 0.182. The fourth-order valence-electron chi connectivity index (χ4n) is 3.38. The van der Waals surface area contributed by atoms with Crippen molar-refractivity contribution < 1.29 is 18.5 Å². The Morgan fingerprint density at radius 1 is 0.758 bits per heavy atom. The summed E-state index contributed by atoms with van der Waals surface area (Å²) in [6.07, 6.45) is 0. The molecule has 0 aliphatic carbocycles. The average Bonchev–Trinajstić information content (AvgIpc) is 2.82. The highest BCUT2D eigenvalue weighted by atomic mass is 35.5. The van der Waals surface area contributed by atoms with Crippen molar-refractivity contribution in [3.05, 3.63) is 93.0 Å². The first-order valence-electron chi connectivity index (χ1n) is 10.1. The zero-order chi connectivity index (χ0) is 23.4.